The molecule has 78 valence electrons. The van der Waals surface area contributed by atoms with Gasteiger partial charge in [0.15, 0.2) is 0 Å². The van der Waals surface area contributed by atoms with Crippen molar-refractivity contribution in [1.29, 1.82) is 0 Å². The molecule has 0 aromatic rings. The Labute approximate surface area is 84.4 Å². The SMILES string of the molecule is CCCC=C(C(C)(C)C)C(C)(C)C. The standard InChI is InChI=1S/C13H26/c1-8-9-10-11(12(2,3)4)13(5,6)7/h10H,8-9H2,1-7H3. The fourth-order valence-corrected chi connectivity index (χ4v) is 2.03. The molecular weight excluding hydrogens is 156 g/mol. The monoisotopic (exact) mass is 182 g/mol. The van der Waals surface area contributed by atoms with E-state index in [0.29, 0.717) is 10.8 Å². The van der Waals surface area contributed by atoms with Gasteiger partial charge in [-0.2, -0.15) is 0 Å². The number of unbranched alkanes of at least 4 members (excludes halogenated alkanes) is 1. The summed E-state index contributed by atoms with van der Waals surface area (Å²) in [5.74, 6) is 0. The van der Waals surface area contributed by atoms with Crippen LogP contribution in [0.4, 0.5) is 0 Å². The van der Waals surface area contributed by atoms with Crippen molar-refractivity contribution in [2.75, 3.05) is 0 Å². The number of hydrogen-bond acceptors (Lipinski definition) is 0. The lowest BCUT2D eigenvalue weighted by Gasteiger charge is -2.34. The molecule has 0 saturated carbocycles. The van der Waals surface area contributed by atoms with Gasteiger partial charge in [-0.15, -0.1) is 0 Å². The molecule has 0 atom stereocenters. The molecule has 0 spiro atoms. The summed E-state index contributed by atoms with van der Waals surface area (Å²) in [5, 5.41) is 0. The molecule has 13 heavy (non-hydrogen) atoms. The van der Waals surface area contributed by atoms with Crippen molar-refractivity contribution in [3.63, 3.8) is 0 Å². The van der Waals surface area contributed by atoms with Gasteiger partial charge in [-0.05, 0) is 17.3 Å². The Kier molecular flexibility index (Phi) is 4.22. The van der Waals surface area contributed by atoms with Crippen LogP contribution < -0.4 is 0 Å². The van der Waals surface area contributed by atoms with E-state index in [0.717, 1.165) is 0 Å². The van der Waals surface area contributed by atoms with E-state index in [9.17, 15) is 0 Å². The molecule has 0 aliphatic heterocycles. The summed E-state index contributed by atoms with van der Waals surface area (Å²) in [6.07, 6.45) is 4.89. The quantitative estimate of drug-likeness (QED) is 0.538. The van der Waals surface area contributed by atoms with Crippen LogP contribution in [0, 0.1) is 10.8 Å². The highest BCUT2D eigenvalue weighted by Gasteiger charge is 2.27. The summed E-state index contributed by atoms with van der Waals surface area (Å²) < 4.78 is 0. The first-order valence-corrected chi connectivity index (χ1v) is 5.40. The van der Waals surface area contributed by atoms with Gasteiger partial charge < -0.3 is 0 Å². The molecule has 0 aromatic heterocycles. The van der Waals surface area contributed by atoms with Crippen LogP contribution in [0.1, 0.15) is 61.3 Å². The van der Waals surface area contributed by atoms with Crippen LogP contribution in [0.15, 0.2) is 11.6 Å². The van der Waals surface area contributed by atoms with Crippen molar-refractivity contribution in [2.24, 2.45) is 10.8 Å². The third-order valence-electron chi connectivity index (χ3n) is 2.25. The minimum absolute atomic E-state index is 0.313. The average Bonchev–Trinajstić information content (AvgIpc) is 1.81. The summed E-state index contributed by atoms with van der Waals surface area (Å²) >= 11 is 0. The van der Waals surface area contributed by atoms with Crippen molar-refractivity contribution in [3.05, 3.63) is 11.6 Å². The third kappa shape index (κ3) is 4.50. The largest absolute Gasteiger partial charge is 0.0843 e. The van der Waals surface area contributed by atoms with Gasteiger partial charge in [0.05, 0.1) is 0 Å². The fraction of sp³-hybridized carbons (Fsp3) is 0.846. The maximum Gasteiger partial charge on any atom is -0.0168 e. The van der Waals surface area contributed by atoms with Crippen LogP contribution in [0.5, 0.6) is 0 Å². The molecule has 0 fully saturated rings. The number of hydrogen-bond donors (Lipinski definition) is 0. The molecule has 0 rings (SSSR count). The van der Waals surface area contributed by atoms with E-state index in [-0.39, 0.29) is 0 Å². The van der Waals surface area contributed by atoms with E-state index in [1.165, 1.54) is 12.8 Å². The van der Waals surface area contributed by atoms with Crippen molar-refractivity contribution >= 4 is 0 Å². The zero-order valence-electron chi connectivity index (χ0n) is 10.5. The highest BCUT2D eigenvalue weighted by atomic mass is 14.3. The molecule has 0 nitrogen and oxygen atoms in total. The van der Waals surface area contributed by atoms with Crippen LogP contribution in [-0.2, 0) is 0 Å². The van der Waals surface area contributed by atoms with E-state index >= 15 is 0 Å². The van der Waals surface area contributed by atoms with Gasteiger partial charge in [-0.25, -0.2) is 0 Å². The molecule has 0 amide bonds. The minimum atomic E-state index is 0.313. The number of allylic oxidation sites excluding steroid dienone is 2. The first-order chi connectivity index (χ1) is 5.69. The highest BCUT2D eigenvalue weighted by Crippen LogP contribution is 2.39. The molecule has 0 aliphatic rings. The lowest BCUT2D eigenvalue weighted by Crippen LogP contribution is -2.22. The van der Waals surface area contributed by atoms with Gasteiger partial charge in [0.2, 0.25) is 0 Å². The Hall–Kier alpha value is -0.260. The Morgan fingerprint density at radius 3 is 1.54 bits per heavy atom. The predicted molar refractivity (Wildman–Crippen MR) is 61.9 cm³/mol. The summed E-state index contributed by atoms with van der Waals surface area (Å²) in [6.45, 7) is 16.1. The molecule has 0 bridgehead atoms. The molecule has 0 aliphatic carbocycles. The fourth-order valence-electron chi connectivity index (χ4n) is 2.03. The summed E-state index contributed by atoms with van der Waals surface area (Å²) in [7, 11) is 0. The van der Waals surface area contributed by atoms with Crippen LogP contribution in [0.2, 0.25) is 0 Å². The Morgan fingerprint density at radius 1 is 0.923 bits per heavy atom. The first kappa shape index (κ1) is 12.7. The first-order valence-electron chi connectivity index (χ1n) is 5.40. The zero-order chi connectivity index (χ0) is 10.7. The Morgan fingerprint density at radius 2 is 1.31 bits per heavy atom. The summed E-state index contributed by atoms with van der Waals surface area (Å²) in [4.78, 5) is 0. The van der Waals surface area contributed by atoms with Crippen molar-refractivity contribution in [2.45, 2.75) is 61.3 Å². The second-order valence-corrected chi connectivity index (χ2v) is 5.91. The molecule has 0 unspecified atom stereocenters. The minimum Gasteiger partial charge on any atom is -0.0843 e. The van der Waals surface area contributed by atoms with Crippen molar-refractivity contribution < 1.29 is 0 Å². The zero-order valence-corrected chi connectivity index (χ0v) is 10.5. The maximum absolute atomic E-state index is 2.43. The molecule has 0 heterocycles. The van der Waals surface area contributed by atoms with Gasteiger partial charge in [0, 0.05) is 0 Å². The predicted octanol–water partition coefficient (Wildman–Crippen LogP) is 4.81. The highest BCUT2D eigenvalue weighted by molar-refractivity contribution is 5.17. The van der Waals surface area contributed by atoms with Crippen LogP contribution >= 0.6 is 0 Å². The second-order valence-electron chi connectivity index (χ2n) is 5.91. The van der Waals surface area contributed by atoms with Gasteiger partial charge in [0.1, 0.15) is 0 Å². The molecule has 0 N–H and O–H groups in total. The Balaban J connectivity index is 4.78. The third-order valence-corrected chi connectivity index (χ3v) is 2.25. The second kappa shape index (κ2) is 4.30. The van der Waals surface area contributed by atoms with Crippen molar-refractivity contribution in [3.8, 4) is 0 Å². The van der Waals surface area contributed by atoms with Crippen LogP contribution in [-0.4, -0.2) is 0 Å². The smallest absolute Gasteiger partial charge is 0.0168 e. The summed E-state index contributed by atoms with van der Waals surface area (Å²) in [6, 6.07) is 0. The van der Waals surface area contributed by atoms with E-state index in [1.807, 2.05) is 0 Å². The van der Waals surface area contributed by atoms with Gasteiger partial charge in [-0.1, -0.05) is 66.5 Å². The molecule has 0 aromatic carbocycles. The average molecular weight is 182 g/mol. The van der Waals surface area contributed by atoms with Crippen LogP contribution in [0.25, 0.3) is 0 Å². The van der Waals surface area contributed by atoms with Gasteiger partial charge in [-0.3, -0.25) is 0 Å². The molecule has 0 saturated heterocycles. The molecule has 0 heteroatoms. The topological polar surface area (TPSA) is 0 Å². The van der Waals surface area contributed by atoms with E-state index in [1.54, 1.807) is 5.57 Å². The van der Waals surface area contributed by atoms with Gasteiger partial charge in [0.25, 0.3) is 0 Å². The normalized spacial score (nSPS) is 12.8. The lowest BCUT2D eigenvalue weighted by atomic mass is 9.71. The lowest BCUT2D eigenvalue weighted by molar-refractivity contribution is 0.360. The van der Waals surface area contributed by atoms with E-state index in [4.69, 9.17) is 0 Å². The van der Waals surface area contributed by atoms with E-state index in [2.05, 4.69) is 54.5 Å². The van der Waals surface area contributed by atoms with Crippen molar-refractivity contribution in [1.82, 2.24) is 0 Å². The maximum atomic E-state index is 2.43. The Bertz CT molecular complexity index is 155. The molecule has 0 radical (unpaired) electrons. The van der Waals surface area contributed by atoms with Gasteiger partial charge >= 0.3 is 0 Å². The molecular formula is C13H26. The van der Waals surface area contributed by atoms with Crippen LogP contribution in [0.3, 0.4) is 0 Å². The summed E-state index contributed by atoms with van der Waals surface area (Å²) in [5.41, 5.74) is 2.21. The number of rotatable bonds is 2. The van der Waals surface area contributed by atoms with E-state index < -0.39 is 0 Å².